The number of rotatable bonds is 7. The van der Waals surface area contributed by atoms with Gasteiger partial charge < -0.3 is 9.80 Å². The molecule has 6 rings (SSSR count). The summed E-state index contributed by atoms with van der Waals surface area (Å²) < 4.78 is 0. The number of para-hydroxylation sites is 2. The first kappa shape index (κ1) is 32.8. The molecule has 0 aromatic heterocycles. The smallest absolute Gasteiger partial charge is 0.0491 e. The van der Waals surface area contributed by atoms with Crippen LogP contribution >= 0.6 is 0 Å². The molecule has 0 aliphatic carbocycles. The lowest BCUT2D eigenvalue weighted by Crippen LogP contribution is -2.37. The van der Waals surface area contributed by atoms with Gasteiger partial charge in [0.25, 0.3) is 0 Å². The average molecular weight is 629 g/mol. The Balaban J connectivity index is 1.31. The van der Waals surface area contributed by atoms with Crippen LogP contribution in [0, 0.1) is 13.8 Å². The molecule has 2 heteroatoms. The van der Waals surface area contributed by atoms with E-state index >= 15 is 0 Å². The molecule has 0 N–H and O–H groups in total. The van der Waals surface area contributed by atoms with E-state index in [0.29, 0.717) is 0 Å². The largest absolute Gasteiger partial charge is 0.336 e. The molecule has 0 bridgehead atoms. The molecular weight excluding hydrogens is 581 g/mol. The van der Waals surface area contributed by atoms with Crippen molar-refractivity contribution >= 4 is 28.4 Å². The molecule has 242 valence electrons. The summed E-state index contributed by atoms with van der Waals surface area (Å²) in [5.41, 5.74) is 14.8. The van der Waals surface area contributed by atoms with Gasteiger partial charge in [-0.1, -0.05) is 106 Å². The van der Waals surface area contributed by atoms with Crippen LogP contribution in [0.3, 0.4) is 0 Å². The molecule has 0 spiro atoms. The minimum absolute atomic E-state index is 0.0580. The van der Waals surface area contributed by atoms with Crippen LogP contribution in [0.15, 0.2) is 146 Å². The third-order valence-corrected chi connectivity index (χ3v) is 9.09. The van der Waals surface area contributed by atoms with Crippen molar-refractivity contribution in [1.82, 2.24) is 0 Å². The first-order valence-electron chi connectivity index (χ1n) is 17.0. The summed E-state index contributed by atoms with van der Waals surface area (Å²) in [5, 5.41) is 0. The third-order valence-electron chi connectivity index (χ3n) is 9.09. The van der Waals surface area contributed by atoms with Gasteiger partial charge in [-0.15, -0.1) is 0 Å². The van der Waals surface area contributed by atoms with Crippen LogP contribution in [0.1, 0.15) is 58.2 Å². The van der Waals surface area contributed by atoms with E-state index in [0.717, 1.165) is 11.4 Å². The van der Waals surface area contributed by atoms with Crippen molar-refractivity contribution < 1.29 is 0 Å². The lowest BCUT2D eigenvalue weighted by atomic mass is 9.83. The topological polar surface area (TPSA) is 6.48 Å². The first-order valence-corrected chi connectivity index (χ1v) is 17.0. The van der Waals surface area contributed by atoms with Gasteiger partial charge in [-0.25, -0.2) is 0 Å². The second-order valence-electron chi connectivity index (χ2n) is 14.9. The number of hydrogen-bond acceptors (Lipinski definition) is 2. The van der Waals surface area contributed by atoms with E-state index in [-0.39, 0.29) is 11.0 Å². The van der Waals surface area contributed by atoms with E-state index in [9.17, 15) is 0 Å². The molecule has 0 radical (unpaired) electrons. The van der Waals surface area contributed by atoms with E-state index in [4.69, 9.17) is 0 Å². The standard InChI is InChI=1S/C46H48N2/c1-33-31-37(23-29-43(33)45(3,4)5)38-24-30-44(34(2)32-38)47(39-15-11-9-12-16-39)40-25-19-35(20-26-40)36-21-27-42(28-22-36)48(46(6,7)8)41-17-13-10-14-18-41/h9-32H,1-8H3. The molecule has 2 nitrogen and oxygen atoms in total. The van der Waals surface area contributed by atoms with Crippen molar-refractivity contribution in [1.29, 1.82) is 0 Å². The van der Waals surface area contributed by atoms with Crippen LogP contribution in [0.25, 0.3) is 22.3 Å². The Bertz CT molecular complexity index is 1980. The number of hydrogen-bond donors (Lipinski definition) is 0. The van der Waals surface area contributed by atoms with Crippen LogP contribution < -0.4 is 9.80 Å². The highest BCUT2D eigenvalue weighted by Gasteiger charge is 2.23. The molecular formula is C46H48N2. The van der Waals surface area contributed by atoms with E-state index in [1.54, 1.807) is 0 Å². The number of aryl methyl sites for hydroxylation is 2. The van der Waals surface area contributed by atoms with Crippen molar-refractivity contribution in [2.24, 2.45) is 0 Å². The molecule has 0 saturated heterocycles. The molecule has 0 atom stereocenters. The summed E-state index contributed by atoms with van der Waals surface area (Å²) >= 11 is 0. The monoisotopic (exact) mass is 628 g/mol. The Labute approximate surface area is 288 Å². The average Bonchev–Trinajstić information content (AvgIpc) is 3.06. The highest BCUT2D eigenvalue weighted by Crippen LogP contribution is 2.40. The van der Waals surface area contributed by atoms with Crippen LogP contribution in [0.5, 0.6) is 0 Å². The van der Waals surface area contributed by atoms with Crippen molar-refractivity contribution in [3.63, 3.8) is 0 Å². The Kier molecular flexibility index (Phi) is 9.03. The quantitative estimate of drug-likeness (QED) is 0.174. The van der Waals surface area contributed by atoms with Gasteiger partial charge in [-0.05, 0) is 140 Å². The fraction of sp³-hybridized carbons (Fsp3) is 0.217. The summed E-state index contributed by atoms with van der Waals surface area (Å²) in [6, 6.07) is 52.9. The van der Waals surface area contributed by atoms with E-state index in [2.05, 4.69) is 211 Å². The molecule has 0 aliphatic rings. The van der Waals surface area contributed by atoms with Crippen molar-refractivity contribution in [2.75, 3.05) is 9.80 Å². The van der Waals surface area contributed by atoms with Crippen molar-refractivity contribution in [3.8, 4) is 22.3 Å². The van der Waals surface area contributed by atoms with E-state index in [1.807, 2.05) is 0 Å². The number of benzene rings is 6. The highest BCUT2D eigenvalue weighted by atomic mass is 15.2. The van der Waals surface area contributed by atoms with Gasteiger partial charge in [-0.3, -0.25) is 0 Å². The molecule has 0 fully saturated rings. The van der Waals surface area contributed by atoms with E-state index in [1.165, 1.54) is 56.0 Å². The summed E-state index contributed by atoms with van der Waals surface area (Å²) in [6.45, 7) is 18.1. The molecule has 0 saturated carbocycles. The predicted octanol–water partition coefficient (Wildman–Crippen LogP) is 13.3. The molecule has 0 unspecified atom stereocenters. The van der Waals surface area contributed by atoms with Gasteiger partial charge >= 0.3 is 0 Å². The lowest BCUT2D eigenvalue weighted by Gasteiger charge is -2.38. The van der Waals surface area contributed by atoms with Crippen LogP contribution in [0.4, 0.5) is 28.4 Å². The normalized spacial score (nSPS) is 11.8. The first-order chi connectivity index (χ1) is 22.9. The van der Waals surface area contributed by atoms with Gasteiger partial charge in [-0.2, -0.15) is 0 Å². The Morgan fingerprint density at radius 3 is 1.29 bits per heavy atom. The number of nitrogens with zero attached hydrogens (tertiary/aromatic N) is 2. The summed E-state index contributed by atoms with van der Waals surface area (Å²) in [5.74, 6) is 0. The Morgan fingerprint density at radius 1 is 0.396 bits per heavy atom. The third kappa shape index (κ3) is 6.94. The summed E-state index contributed by atoms with van der Waals surface area (Å²) in [7, 11) is 0. The predicted molar refractivity (Wildman–Crippen MR) is 209 cm³/mol. The highest BCUT2D eigenvalue weighted by molar-refractivity contribution is 5.82. The molecule has 6 aromatic carbocycles. The van der Waals surface area contributed by atoms with Gasteiger partial charge in [0.1, 0.15) is 0 Å². The molecule has 0 heterocycles. The second kappa shape index (κ2) is 13.2. The zero-order valence-electron chi connectivity index (χ0n) is 29.8. The van der Waals surface area contributed by atoms with Crippen LogP contribution in [-0.4, -0.2) is 5.54 Å². The minimum Gasteiger partial charge on any atom is -0.336 e. The SMILES string of the molecule is Cc1cc(-c2ccc(C(C)(C)C)c(C)c2)ccc1N(c1ccccc1)c1ccc(-c2ccc(N(c3ccccc3)C(C)(C)C)cc2)cc1. The maximum absolute atomic E-state index is 2.40. The van der Waals surface area contributed by atoms with E-state index < -0.39 is 0 Å². The van der Waals surface area contributed by atoms with Gasteiger partial charge in [0.2, 0.25) is 0 Å². The molecule has 48 heavy (non-hydrogen) atoms. The zero-order chi connectivity index (χ0) is 34.1. The second-order valence-corrected chi connectivity index (χ2v) is 14.9. The minimum atomic E-state index is -0.0580. The van der Waals surface area contributed by atoms with Crippen molar-refractivity contribution in [2.45, 2.75) is 66.3 Å². The fourth-order valence-electron chi connectivity index (χ4n) is 6.88. The lowest BCUT2D eigenvalue weighted by molar-refractivity contribution is 0.560. The Hall–Kier alpha value is -5.08. The molecule has 0 aliphatic heterocycles. The van der Waals surface area contributed by atoms with Crippen molar-refractivity contribution in [3.05, 3.63) is 162 Å². The van der Waals surface area contributed by atoms with Crippen LogP contribution in [0.2, 0.25) is 0 Å². The molecule has 0 amide bonds. The fourth-order valence-corrected chi connectivity index (χ4v) is 6.88. The zero-order valence-corrected chi connectivity index (χ0v) is 29.8. The van der Waals surface area contributed by atoms with Gasteiger partial charge in [0.15, 0.2) is 0 Å². The summed E-state index contributed by atoms with van der Waals surface area (Å²) in [4.78, 5) is 4.76. The number of anilines is 5. The van der Waals surface area contributed by atoms with Crippen LogP contribution in [-0.2, 0) is 5.41 Å². The maximum atomic E-state index is 2.40. The Morgan fingerprint density at radius 2 is 0.812 bits per heavy atom. The maximum Gasteiger partial charge on any atom is 0.0491 e. The molecule has 6 aromatic rings. The van der Waals surface area contributed by atoms with Gasteiger partial charge in [0, 0.05) is 34.0 Å². The summed E-state index contributed by atoms with van der Waals surface area (Å²) in [6.07, 6.45) is 0. The van der Waals surface area contributed by atoms with Gasteiger partial charge in [0.05, 0.1) is 0 Å².